The van der Waals surface area contributed by atoms with Gasteiger partial charge in [-0.3, -0.25) is 9.59 Å². The average molecular weight is 403 g/mol. The standard InChI is InChI=1S/C15H18INO4/c1-2-7-17(13-9-21-8-11(13)15(19)20)14(18)10-5-3-4-6-12(10)16/h3-6,11,13H,2,7-9H2,1H3,(H,19,20). The third-order valence-electron chi connectivity index (χ3n) is 3.60. The van der Waals surface area contributed by atoms with Crippen LogP contribution in [-0.4, -0.2) is 47.7 Å². The first-order chi connectivity index (χ1) is 10.1. The number of carboxylic acid groups (broad SMARTS) is 1. The Hall–Kier alpha value is -1.15. The summed E-state index contributed by atoms with van der Waals surface area (Å²) in [6, 6.07) is 6.95. The molecule has 1 fully saturated rings. The summed E-state index contributed by atoms with van der Waals surface area (Å²) in [5.74, 6) is -1.68. The molecule has 2 unspecified atom stereocenters. The zero-order valence-corrected chi connectivity index (χ0v) is 13.9. The van der Waals surface area contributed by atoms with Gasteiger partial charge in [0, 0.05) is 10.1 Å². The van der Waals surface area contributed by atoms with Gasteiger partial charge >= 0.3 is 5.97 Å². The van der Waals surface area contributed by atoms with Crippen molar-refractivity contribution in [2.45, 2.75) is 19.4 Å². The number of halogens is 1. The average Bonchev–Trinajstić information content (AvgIpc) is 2.94. The van der Waals surface area contributed by atoms with Crippen LogP contribution in [0.4, 0.5) is 0 Å². The van der Waals surface area contributed by atoms with E-state index in [-0.39, 0.29) is 19.1 Å². The SMILES string of the molecule is CCCN(C(=O)c1ccccc1I)C1COCC1C(=O)O. The van der Waals surface area contributed by atoms with E-state index in [1.165, 1.54) is 0 Å². The highest BCUT2D eigenvalue weighted by molar-refractivity contribution is 14.1. The lowest BCUT2D eigenvalue weighted by Gasteiger charge is -2.30. The van der Waals surface area contributed by atoms with E-state index in [9.17, 15) is 14.7 Å². The summed E-state index contributed by atoms with van der Waals surface area (Å²) in [5.41, 5.74) is 0.614. The molecule has 0 saturated carbocycles. The van der Waals surface area contributed by atoms with E-state index in [1.807, 2.05) is 25.1 Å². The first-order valence-electron chi connectivity index (χ1n) is 6.92. The fraction of sp³-hybridized carbons (Fsp3) is 0.467. The molecule has 5 nitrogen and oxygen atoms in total. The number of carbonyl (C=O) groups excluding carboxylic acids is 1. The molecule has 0 spiro atoms. The van der Waals surface area contributed by atoms with E-state index in [1.54, 1.807) is 11.0 Å². The van der Waals surface area contributed by atoms with Gasteiger partial charge in [0.05, 0.1) is 24.8 Å². The highest BCUT2D eigenvalue weighted by atomic mass is 127. The molecule has 1 amide bonds. The molecular formula is C15H18INO4. The Labute approximate surface area is 137 Å². The smallest absolute Gasteiger partial charge is 0.311 e. The summed E-state index contributed by atoms with van der Waals surface area (Å²) in [6.45, 7) is 2.95. The molecule has 6 heteroatoms. The second-order valence-electron chi connectivity index (χ2n) is 5.03. The van der Waals surface area contributed by atoms with Crippen molar-refractivity contribution in [3.63, 3.8) is 0 Å². The van der Waals surface area contributed by atoms with Crippen LogP contribution in [0.15, 0.2) is 24.3 Å². The van der Waals surface area contributed by atoms with Gasteiger partial charge in [-0.25, -0.2) is 0 Å². The summed E-state index contributed by atoms with van der Waals surface area (Å²) >= 11 is 2.12. The zero-order chi connectivity index (χ0) is 15.4. The predicted octanol–water partition coefficient (Wildman–Crippen LogP) is 2.24. The van der Waals surface area contributed by atoms with Crippen molar-refractivity contribution in [1.82, 2.24) is 4.90 Å². The van der Waals surface area contributed by atoms with Crippen molar-refractivity contribution < 1.29 is 19.4 Å². The largest absolute Gasteiger partial charge is 0.481 e. The van der Waals surface area contributed by atoms with E-state index in [4.69, 9.17) is 4.74 Å². The molecule has 1 aliphatic rings. The van der Waals surface area contributed by atoms with Gasteiger partial charge in [0.25, 0.3) is 5.91 Å². The molecular weight excluding hydrogens is 385 g/mol. The summed E-state index contributed by atoms with van der Waals surface area (Å²) in [7, 11) is 0. The van der Waals surface area contributed by atoms with Gasteiger partial charge in [0.1, 0.15) is 5.92 Å². The number of nitrogens with zero attached hydrogens (tertiary/aromatic N) is 1. The van der Waals surface area contributed by atoms with E-state index in [0.717, 1.165) is 9.99 Å². The molecule has 0 aromatic heterocycles. The lowest BCUT2D eigenvalue weighted by molar-refractivity contribution is -0.142. The number of hydrogen-bond acceptors (Lipinski definition) is 3. The first kappa shape index (κ1) is 16.2. The molecule has 0 aliphatic carbocycles. The Bertz CT molecular complexity index is 534. The number of carbonyl (C=O) groups is 2. The Morgan fingerprint density at radius 1 is 1.38 bits per heavy atom. The summed E-state index contributed by atoms with van der Waals surface area (Å²) in [6.07, 6.45) is 0.776. The maximum absolute atomic E-state index is 12.8. The molecule has 1 N–H and O–H groups in total. The normalized spacial score (nSPS) is 21.2. The molecule has 1 aromatic carbocycles. The number of aliphatic carboxylic acids is 1. The Balaban J connectivity index is 2.28. The van der Waals surface area contributed by atoms with Crippen LogP contribution < -0.4 is 0 Å². The van der Waals surface area contributed by atoms with E-state index >= 15 is 0 Å². The molecule has 114 valence electrons. The van der Waals surface area contributed by atoms with Crippen molar-refractivity contribution in [3.05, 3.63) is 33.4 Å². The molecule has 1 heterocycles. The molecule has 1 saturated heterocycles. The Kier molecular flexibility index (Phi) is 5.58. The van der Waals surface area contributed by atoms with Crippen LogP contribution in [0.3, 0.4) is 0 Å². The van der Waals surface area contributed by atoms with E-state index in [0.29, 0.717) is 12.1 Å². The third kappa shape index (κ3) is 3.55. The van der Waals surface area contributed by atoms with Crippen LogP contribution in [0, 0.1) is 9.49 Å². The minimum atomic E-state index is -0.908. The van der Waals surface area contributed by atoms with Crippen LogP contribution in [0.1, 0.15) is 23.7 Å². The minimum Gasteiger partial charge on any atom is -0.481 e. The number of ether oxygens (including phenoxy) is 1. The molecule has 1 aromatic rings. The number of amides is 1. The van der Waals surface area contributed by atoms with Crippen molar-refractivity contribution in [1.29, 1.82) is 0 Å². The lowest BCUT2D eigenvalue weighted by atomic mass is 10.0. The molecule has 2 atom stereocenters. The second-order valence-corrected chi connectivity index (χ2v) is 6.19. The quantitative estimate of drug-likeness (QED) is 0.766. The monoisotopic (exact) mass is 403 g/mol. The molecule has 0 radical (unpaired) electrons. The summed E-state index contributed by atoms with van der Waals surface area (Å²) < 4.78 is 6.17. The van der Waals surface area contributed by atoms with Crippen molar-refractivity contribution in [2.75, 3.05) is 19.8 Å². The topological polar surface area (TPSA) is 66.8 Å². The van der Waals surface area contributed by atoms with E-state index < -0.39 is 17.9 Å². The van der Waals surface area contributed by atoms with Gasteiger partial charge in [-0.2, -0.15) is 0 Å². The third-order valence-corrected chi connectivity index (χ3v) is 4.54. The summed E-state index contributed by atoms with van der Waals surface area (Å²) in [5, 5.41) is 9.29. The maximum atomic E-state index is 12.8. The van der Waals surface area contributed by atoms with Gasteiger partial charge in [-0.15, -0.1) is 0 Å². The Morgan fingerprint density at radius 3 is 2.71 bits per heavy atom. The number of hydrogen-bond donors (Lipinski definition) is 1. The fourth-order valence-electron chi connectivity index (χ4n) is 2.53. The molecule has 2 rings (SSSR count). The summed E-state index contributed by atoms with van der Waals surface area (Å²) in [4.78, 5) is 25.8. The minimum absolute atomic E-state index is 0.122. The van der Waals surface area contributed by atoms with Crippen LogP contribution in [0.25, 0.3) is 0 Å². The molecule has 0 bridgehead atoms. The number of carboxylic acids is 1. The van der Waals surface area contributed by atoms with Crippen molar-refractivity contribution in [2.24, 2.45) is 5.92 Å². The van der Waals surface area contributed by atoms with Crippen LogP contribution in [-0.2, 0) is 9.53 Å². The van der Waals surface area contributed by atoms with Crippen LogP contribution in [0.5, 0.6) is 0 Å². The van der Waals surface area contributed by atoms with Gasteiger partial charge in [-0.05, 0) is 41.1 Å². The fourth-order valence-corrected chi connectivity index (χ4v) is 3.15. The number of benzene rings is 1. The predicted molar refractivity (Wildman–Crippen MR) is 86.2 cm³/mol. The zero-order valence-electron chi connectivity index (χ0n) is 11.8. The van der Waals surface area contributed by atoms with Gasteiger partial charge in [0.2, 0.25) is 0 Å². The highest BCUT2D eigenvalue weighted by Gasteiger charge is 2.40. The van der Waals surface area contributed by atoms with Gasteiger partial charge < -0.3 is 14.7 Å². The Morgan fingerprint density at radius 2 is 2.10 bits per heavy atom. The molecule has 1 aliphatic heterocycles. The van der Waals surface area contributed by atoms with Crippen LogP contribution >= 0.6 is 22.6 Å². The maximum Gasteiger partial charge on any atom is 0.311 e. The van der Waals surface area contributed by atoms with E-state index in [2.05, 4.69) is 22.6 Å². The molecule has 21 heavy (non-hydrogen) atoms. The lowest BCUT2D eigenvalue weighted by Crippen LogP contribution is -2.47. The first-order valence-corrected chi connectivity index (χ1v) is 8.00. The number of rotatable bonds is 5. The van der Waals surface area contributed by atoms with Gasteiger partial charge in [0.15, 0.2) is 0 Å². The van der Waals surface area contributed by atoms with Crippen molar-refractivity contribution >= 4 is 34.5 Å². The van der Waals surface area contributed by atoms with Crippen LogP contribution in [0.2, 0.25) is 0 Å². The van der Waals surface area contributed by atoms with Crippen molar-refractivity contribution in [3.8, 4) is 0 Å². The van der Waals surface area contributed by atoms with Gasteiger partial charge in [-0.1, -0.05) is 19.1 Å². The highest BCUT2D eigenvalue weighted by Crippen LogP contribution is 2.24. The second kappa shape index (κ2) is 7.22.